The van der Waals surface area contributed by atoms with E-state index in [0.717, 1.165) is 55.2 Å². The lowest BCUT2D eigenvalue weighted by Gasteiger charge is -2.14. The van der Waals surface area contributed by atoms with E-state index in [-0.39, 0.29) is 5.91 Å². The molecule has 0 radical (unpaired) electrons. The van der Waals surface area contributed by atoms with Gasteiger partial charge in [0.15, 0.2) is 0 Å². The van der Waals surface area contributed by atoms with E-state index in [0.29, 0.717) is 6.04 Å². The van der Waals surface area contributed by atoms with Gasteiger partial charge in [-0.25, -0.2) is 4.98 Å². The molecule has 0 bridgehead atoms. The molecule has 2 rings (SSSR count). The summed E-state index contributed by atoms with van der Waals surface area (Å²) >= 11 is 0. The summed E-state index contributed by atoms with van der Waals surface area (Å²) in [5.74, 6) is 1.56. The number of aromatic nitrogens is 1. The maximum Gasteiger partial charge on any atom is 0.251 e. The molecule has 0 aliphatic heterocycles. The highest BCUT2D eigenvalue weighted by atomic mass is 16.1. The summed E-state index contributed by atoms with van der Waals surface area (Å²) in [6, 6.07) is 4.12. The minimum Gasteiger partial charge on any atom is -0.370 e. The summed E-state index contributed by atoms with van der Waals surface area (Å²) in [5.41, 5.74) is 1.71. The topological polar surface area (TPSA) is 54.0 Å². The van der Waals surface area contributed by atoms with Gasteiger partial charge in [-0.15, -0.1) is 0 Å². The fourth-order valence-corrected chi connectivity index (χ4v) is 2.98. The number of carbonyl (C=O) groups is 1. The number of rotatable bonds is 6. The summed E-state index contributed by atoms with van der Waals surface area (Å²) in [7, 11) is 0. The molecule has 116 valence electrons. The number of aryl methyl sites for hydroxylation is 1. The molecule has 2 atom stereocenters. The highest BCUT2D eigenvalue weighted by Gasteiger charge is 2.23. The van der Waals surface area contributed by atoms with Gasteiger partial charge in [0.25, 0.3) is 5.91 Å². The largest absolute Gasteiger partial charge is 0.370 e. The molecule has 0 spiro atoms. The lowest BCUT2D eigenvalue weighted by atomic mass is 10.1. The molecule has 4 nitrogen and oxygen atoms in total. The molecule has 4 heteroatoms. The maximum absolute atomic E-state index is 12.5. The van der Waals surface area contributed by atoms with Crippen molar-refractivity contribution in [2.24, 2.45) is 5.92 Å². The number of amides is 1. The smallest absolute Gasteiger partial charge is 0.251 e. The molecule has 1 amide bonds. The van der Waals surface area contributed by atoms with Gasteiger partial charge in [-0.1, -0.05) is 20.3 Å². The van der Waals surface area contributed by atoms with E-state index < -0.39 is 0 Å². The molecule has 21 heavy (non-hydrogen) atoms. The van der Waals surface area contributed by atoms with E-state index in [2.05, 4.69) is 29.5 Å². The van der Waals surface area contributed by atoms with Crippen LogP contribution in [0.25, 0.3) is 0 Å². The zero-order chi connectivity index (χ0) is 15.2. The summed E-state index contributed by atoms with van der Waals surface area (Å²) in [6.07, 6.45) is 5.34. The van der Waals surface area contributed by atoms with Gasteiger partial charge in [0, 0.05) is 23.8 Å². The van der Waals surface area contributed by atoms with E-state index in [4.69, 9.17) is 0 Å². The third kappa shape index (κ3) is 4.45. The SMILES string of the molecule is CCCc1cc(C(=O)NC2CCC(C)C2)cc(NCC)n1. The molecule has 1 aromatic heterocycles. The molecule has 1 fully saturated rings. The Bertz CT molecular complexity index is 463. The van der Waals surface area contributed by atoms with Gasteiger partial charge < -0.3 is 10.6 Å². The van der Waals surface area contributed by atoms with Gasteiger partial charge >= 0.3 is 0 Å². The van der Waals surface area contributed by atoms with Crippen LogP contribution >= 0.6 is 0 Å². The molecule has 1 aliphatic carbocycles. The van der Waals surface area contributed by atoms with E-state index in [9.17, 15) is 4.79 Å². The minimum absolute atomic E-state index is 0.0352. The van der Waals surface area contributed by atoms with Crippen LogP contribution in [0.5, 0.6) is 0 Å². The van der Waals surface area contributed by atoms with E-state index in [1.165, 1.54) is 6.42 Å². The molecular weight excluding hydrogens is 262 g/mol. The number of hydrogen-bond acceptors (Lipinski definition) is 3. The molecule has 0 saturated heterocycles. The Balaban J connectivity index is 2.10. The van der Waals surface area contributed by atoms with Crippen molar-refractivity contribution in [3.05, 3.63) is 23.4 Å². The van der Waals surface area contributed by atoms with Crippen molar-refractivity contribution in [2.75, 3.05) is 11.9 Å². The Labute approximate surface area is 127 Å². The predicted molar refractivity (Wildman–Crippen MR) is 86.7 cm³/mol. The van der Waals surface area contributed by atoms with Crippen LogP contribution < -0.4 is 10.6 Å². The maximum atomic E-state index is 12.5. The molecule has 0 aromatic carbocycles. The lowest BCUT2D eigenvalue weighted by molar-refractivity contribution is 0.0937. The molecule has 1 aromatic rings. The summed E-state index contributed by atoms with van der Waals surface area (Å²) in [4.78, 5) is 17.0. The Morgan fingerprint density at radius 2 is 2.14 bits per heavy atom. The molecule has 1 saturated carbocycles. The Kier molecular flexibility index (Phi) is 5.59. The Morgan fingerprint density at radius 1 is 1.33 bits per heavy atom. The summed E-state index contributed by atoms with van der Waals surface area (Å²) in [5, 5.41) is 6.38. The van der Waals surface area contributed by atoms with Crippen LogP contribution in [-0.4, -0.2) is 23.5 Å². The highest BCUT2D eigenvalue weighted by Crippen LogP contribution is 2.25. The molecule has 2 unspecified atom stereocenters. The zero-order valence-corrected chi connectivity index (χ0v) is 13.4. The normalized spacial score (nSPS) is 21.3. The van der Waals surface area contributed by atoms with Gasteiger partial charge in [0.1, 0.15) is 5.82 Å². The van der Waals surface area contributed by atoms with Crippen LogP contribution in [-0.2, 0) is 6.42 Å². The molecule has 1 heterocycles. The van der Waals surface area contributed by atoms with Crippen LogP contribution in [0.2, 0.25) is 0 Å². The average Bonchev–Trinajstić information content (AvgIpc) is 2.84. The molecule has 1 aliphatic rings. The average molecular weight is 289 g/mol. The predicted octanol–water partition coefficient (Wildman–Crippen LogP) is 3.38. The summed E-state index contributed by atoms with van der Waals surface area (Å²) < 4.78 is 0. The third-order valence-electron chi connectivity index (χ3n) is 4.03. The third-order valence-corrected chi connectivity index (χ3v) is 4.03. The van der Waals surface area contributed by atoms with Gasteiger partial charge in [-0.3, -0.25) is 4.79 Å². The van der Waals surface area contributed by atoms with Crippen molar-refractivity contribution in [3.63, 3.8) is 0 Å². The van der Waals surface area contributed by atoms with Crippen molar-refractivity contribution in [3.8, 4) is 0 Å². The van der Waals surface area contributed by atoms with Crippen molar-refractivity contribution in [1.29, 1.82) is 0 Å². The highest BCUT2D eigenvalue weighted by molar-refractivity contribution is 5.95. The van der Waals surface area contributed by atoms with E-state index >= 15 is 0 Å². The van der Waals surface area contributed by atoms with Crippen LogP contribution in [0.4, 0.5) is 5.82 Å². The Hall–Kier alpha value is -1.58. The zero-order valence-electron chi connectivity index (χ0n) is 13.4. The number of pyridine rings is 1. The van der Waals surface area contributed by atoms with Crippen LogP contribution in [0.15, 0.2) is 12.1 Å². The molecular formula is C17H27N3O. The van der Waals surface area contributed by atoms with E-state index in [1.807, 2.05) is 19.1 Å². The first-order valence-corrected chi connectivity index (χ1v) is 8.18. The van der Waals surface area contributed by atoms with Gasteiger partial charge in [0.2, 0.25) is 0 Å². The Morgan fingerprint density at radius 3 is 2.76 bits per heavy atom. The number of hydrogen-bond donors (Lipinski definition) is 2. The van der Waals surface area contributed by atoms with E-state index in [1.54, 1.807) is 0 Å². The first kappa shape index (κ1) is 15.8. The first-order chi connectivity index (χ1) is 10.1. The van der Waals surface area contributed by atoms with Crippen LogP contribution in [0, 0.1) is 5.92 Å². The standard InChI is InChI=1S/C17H27N3O/c1-4-6-14-10-13(11-16(19-14)18-5-2)17(21)20-15-8-7-12(3)9-15/h10-12,15H,4-9H2,1-3H3,(H,18,19)(H,20,21). The first-order valence-electron chi connectivity index (χ1n) is 8.18. The van der Waals surface area contributed by atoms with Gasteiger partial charge in [0.05, 0.1) is 0 Å². The lowest BCUT2D eigenvalue weighted by Crippen LogP contribution is -2.33. The monoisotopic (exact) mass is 289 g/mol. The number of anilines is 1. The fourth-order valence-electron chi connectivity index (χ4n) is 2.98. The second kappa shape index (κ2) is 7.43. The van der Waals surface area contributed by atoms with Gasteiger partial charge in [-0.2, -0.15) is 0 Å². The number of nitrogens with one attached hydrogen (secondary N) is 2. The van der Waals surface area contributed by atoms with Crippen molar-refractivity contribution in [1.82, 2.24) is 10.3 Å². The fraction of sp³-hybridized carbons (Fsp3) is 0.647. The van der Waals surface area contributed by atoms with Crippen molar-refractivity contribution >= 4 is 11.7 Å². The van der Waals surface area contributed by atoms with Crippen molar-refractivity contribution in [2.45, 2.75) is 58.9 Å². The second-order valence-electron chi connectivity index (χ2n) is 6.10. The van der Waals surface area contributed by atoms with Gasteiger partial charge in [-0.05, 0) is 50.7 Å². The number of nitrogens with zero attached hydrogens (tertiary/aromatic N) is 1. The van der Waals surface area contributed by atoms with Crippen LogP contribution in [0.1, 0.15) is 62.5 Å². The van der Waals surface area contributed by atoms with Crippen LogP contribution in [0.3, 0.4) is 0 Å². The minimum atomic E-state index is 0.0352. The second-order valence-corrected chi connectivity index (χ2v) is 6.10. The molecule has 2 N–H and O–H groups in total. The summed E-state index contributed by atoms with van der Waals surface area (Å²) in [6.45, 7) is 7.22. The van der Waals surface area contributed by atoms with Crippen molar-refractivity contribution < 1.29 is 4.79 Å². The quantitative estimate of drug-likeness (QED) is 0.844. The number of carbonyl (C=O) groups excluding carboxylic acids is 1.